The average molecular weight is 254 g/mol. The number of hydrogen-bond donors (Lipinski definition) is 1. The number of ether oxygens (including phenoxy) is 1. The van der Waals surface area contributed by atoms with E-state index in [1.165, 1.54) is 0 Å². The van der Waals surface area contributed by atoms with E-state index in [1.807, 2.05) is 36.4 Å². The zero-order valence-electron chi connectivity index (χ0n) is 10.4. The van der Waals surface area contributed by atoms with Gasteiger partial charge in [-0.25, -0.2) is 0 Å². The van der Waals surface area contributed by atoms with Crippen LogP contribution in [0.5, 0.6) is 5.75 Å². The van der Waals surface area contributed by atoms with Crippen LogP contribution in [0.4, 0.5) is 0 Å². The Hall–Kier alpha value is -2.33. The van der Waals surface area contributed by atoms with Gasteiger partial charge in [0, 0.05) is 29.8 Å². The summed E-state index contributed by atoms with van der Waals surface area (Å²) in [5.41, 5.74) is 7.41. The molecule has 4 nitrogen and oxygen atoms in total. The van der Waals surface area contributed by atoms with Crippen molar-refractivity contribution >= 4 is 10.9 Å². The zero-order valence-corrected chi connectivity index (χ0v) is 10.4. The van der Waals surface area contributed by atoms with Gasteiger partial charge in [-0.05, 0) is 24.3 Å². The lowest BCUT2D eigenvalue weighted by molar-refractivity contribution is 0.270. The minimum atomic E-state index is 0.387. The van der Waals surface area contributed by atoms with Crippen molar-refractivity contribution in [2.45, 2.75) is 13.2 Å². The number of benzene rings is 1. The van der Waals surface area contributed by atoms with E-state index in [2.05, 4.69) is 4.98 Å². The lowest BCUT2D eigenvalue weighted by atomic mass is 10.2. The van der Waals surface area contributed by atoms with Crippen molar-refractivity contribution in [3.8, 4) is 5.75 Å². The predicted octanol–water partition coefficient (Wildman–Crippen LogP) is 2.87. The lowest BCUT2D eigenvalue weighted by Crippen LogP contribution is -1.95. The molecule has 0 spiro atoms. The van der Waals surface area contributed by atoms with Crippen LogP contribution in [0.2, 0.25) is 0 Å². The molecule has 19 heavy (non-hydrogen) atoms. The molecule has 2 heterocycles. The van der Waals surface area contributed by atoms with Gasteiger partial charge in [0.1, 0.15) is 18.1 Å². The van der Waals surface area contributed by atoms with E-state index >= 15 is 0 Å². The molecule has 0 atom stereocenters. The summed E-state index contributed by atoms with van der Waals surface area (Å²) in [4.78, 5) is 4.29. The monoisotopic (exact) mass is 254 g/mol. The number of furan rings is 1. The summed E-state index contributed by atoms with van der Waals surface area (Å²) in [6, 6.07) is 11.7. The smallest absolute Gasteiger partial charge is 0.146 e. The van der Waals surface area contributed by atoms with Gasteiger partial charge in [-0.2, -0.15) is 0 Å². The van der Waals surface area contributed by atoms with Crippen molar-refractivity contribution in [1.29, 1.82) is 0 Å². The van der Waals surface area contributed by atoms with E-state index in [1.54, 1.807) is 12.5 Å². The number of pyridine rings is 1. The first-order valence-corrected chi connectivity index (χ1v) is 6.09. The van der Waals surface area contributed by atoms with Crippen molar-refractivity contribution in [1.82, 2.24) is 4.98 Å². The first kappa shape index (κ1) is 11.7. The highest BCUT2D eigenvalue weighted by Crippen LogP contribution is 2.20. The number of rotatable bonds is 4. The van der Waals surface area contributed by atoms with Crippen LogP contribution >= 0.6 is 0 Å². The molecule has 3 aromatic rings. The largest absolute Gasteiger partial charge is 0.486 e. The maximum absolute atomic E-state index is 5.68. The molecule has 0 fully saturated rings. The molecule has 0 aliphatic heterocycles. The standard InChI is InChI=1S/C15H14N2O2/c16-8-11-6-14(18-9-11)10-19-13-4-3-12-2-1-5-17-15(12)7-13/h1-7,9H,8,10,16H2. The highest BCUT2D eigenvalue weighted by Gasteiger charge is 2.03. The van der Waals surface area contributed by atoms with Gasteiger partial charge in [-0.15, -0.1) is 0 Å². The molecule has 0 radical (unpaired) electrons. The van der Waals surface area contributed by atoms with Crippen LogP contribution in [0.15, 0.2) is 53.3 Å². The molecular weight excluding hydrogens is 240 g/mol. The van der Waals surface area contributed by atoms with Gasteiger partial charge < -0.3 is 14.9 Å². The van der Waals surface area contributed by atoms with Crippen LogP contribution in [-0.2, 0) is 13.2 Å². The van der Waals surface area contributed by atoms with Crippen LogP contribution in [-0.4, -0.2) is 4.98 Å². The molecule has 96 valence electrons. The van der Waals surface area contributed by atoms with Crippen LogP contribution in [0.25, 0.3) is 10.9 Å². The topological polar surface area (TPSA) is 61.3 Å². The fourth-order valence-corrected chi connectivity index (χ4v) is 1.90. The molecule has 0 aliphatic carbocycles. The van der Waals surface area contributed by atoms with Crippen molar-refractivity contribution in [3.05, 3.63) is 60.2 Å². The van der Waals surface area contributed by atoms with E-state index in [9.17, 15) is 0 Å². The van der Waals surface area contributed by atoms with Crippen molar-refractivity contribution in [2.75, 3.05) is 0 Å². The zero-order chi connectivity index (χ0) is 13.1. The SMILES string of the molecule is NCc1coc(COc2ccc3cccnc3c2)c1. The summed E-state index contributed by atoms with van der Waals surface area (Å²) < 4.78 is 11.0. The van der Waals surface area contributed by atoms with Crippen LogP contribution < -0.4 is 10.5 Å². The maximum atomic E-state index is 5.68. The molecule has 2 aromatic heterocycles. The van der Waals surface area contributed by atoms with E-state index in [4.69, 9.17) is 14.9 Å². The van der Waals surface area contributed by atoms with Crippen LogP contribution in [0, 0.1) is 0 Å². The lowest BCUT2D eigenvalue weighted by Gasteiger charge is -2.05. The van der Waals surface area contributed by atoms with E-state index in [0.29, 0.717) is 13.2 Å². The summed E-state index contributed by atoms with van der Waals surface area (Å²) >= 11 is 0. The molecule has 0 saturated heterocycles. The molecule has 0 amide bonds. The number of aromatic nitrogens is 1. The third-order valence-corrected chi connectivity index (χ3v) is 2.90. The van der Waals surface area contributed by atoms with Gasteiger partial charge >= 0.3 is 0 Å². The fourth-order valence-electron chi connectivity index (χ4n) is 1.90. The minimum Gasteiger partial charge on any atom is -0.486 e. The molecule has 3 rings (SSSR count). The Morgan fingerprint density at radius 1 is 1.21 bits per heavy atom. The molecule has 1 aromatic carbocycles. The molecule has 4 heteroatoms. The number of fused-ring (bicyclic) bond motifs is 1. The highest BCUT2D eigenvalue weighted by atomic mass is 16.5. The van der Waals surface area contributed by atoms with Crippen molar-refractivity contribution in [2.24, 2.45) is 5.73 Å². The molecule has 0 aliphatic rings. The van der Waals surface area contributed by atoms with Gasteiger partial charge in [0.25, 0.3) is 0 Å². The van der Waals surface area contributed by atoms with Gasteiger partial charge in [-0.1, -0.05) is 6.07 Å². The van der Waals surface area contributed by atoms with Gasteiger partial charge in [0.2, 0.25) is 0 Å². The second-order valence-electron chi connectivity index (χ2n) is 4.27. The predicted molar refractivity (Wildman–Crippen MR) is 72.7 cm³/mol. The Kier molecular flexibility index (Phi) is 3.16. The second kappa shape index (κ2) is 5.12. The average Bonchev–Trinajstić information content (AvgIpc) is 2.93. The third-order valence-electron chi connectivity index (χ3n) is 2.90. The second-order valence-corrected chi connectivity index (χ2v) is 4.27. The Bertz CT molecular complexity index is 691. The summed E-state index contributed by atoms with van der Waals surface area (Å²) in [5, 5.41) is 1.10. The first-order valence-electron chi connectivity index (χ1n) is 6.09. The minimum absolute atomic E-state index is 0.387. The summed E-state index contributed by atoms with van der Waals surface area (Å²) in [6.45, 7) is 0.863. The van der Waals surface area contributed by atoms with Crippen molar-refractivity contribution < 1.29 is 9.15 Å². The van der Waals surface area contributed by atoms with E-state index in [-0.39, 0.29) is 0 Å². The molecule has 0 bridgehead atoms. The van der Waals surface area contributed by atoms with Gasteiger partial charge in [0.05, 0.1) is 11.8 Å². The maximum Gasteiger partial charge on any atom is 0.146 e. The van der Waals surface area contributed by atoms with Crippen molar-refractivity contribution in [3.63, 3.8) is 0 Å². The summed E-state index contributed by atoms with van der Waals surface area (Å²) in [7, 11) is 0. The molecular formula is C15H14N2O2. The third kappa shape index (κ3) is 2.58. The Morgan fingerprint density at radius 2 is 2.16 bits per heavy atom. The summed E-state index contributed by atoms with van der Waals surface area (Å²) in [5.74, 6) is 1.54. The fraction of sp³-hybridized carbons (Fsp3) is 0.133. The van der Waals surface area contributed by atoms with E-state index < -0.39 is 0 Å². The van der Waals surface area contributed by atoms with Gasteiger partial charge in [-0.3, -0.25) is 4.98 Å². The van der Waals surface area contributed by atoms with Crippen LogP contribution in [0.3, 0.4) is 0 Å². The number of hydrogen-bond acceptors (Lipinski definition) is 4. The molecule has 0 unspecified atom stereocenters. The number of nitrogens with two attached hydrogens (primary N) is 1. The van der Waals surface area contributed by atoms with Crippen LogP contribution in [0.1, 0.15) is 11.3 Å². The summed E-state index contributed by atoms with van der Waals surface area (Å²) in [6.07, 6.45) is 3.42. The first-order chi connectivity index (χ1) is 9.35. The highest BCUT2D eigenvalue weighted by molar-refractivity contribution is 5.79. The van der Waals surface area contributed by atoms with Gasteiger partial charge in [0.15, 0.2) is 0 Å². The Labute approximate surface area is 110 Å². The molecule has 2 N–H and O–H groups in total. The van der Waals surface area contributed by atoms with E-state index in [0.717, 1.165) is 28.0 Å². The number of nitrogens with zero attached hydrogens (tertiary/aromatic N) is 1. The Morgan fingerprint density at radius 3 is 3.00 bits per heavy atom. The normalized spacial score (nSPS) is 10.8. The quantitative estimate of drug-likeness (QED) is 0.777. The molecule has 0 saturated carbocycles. The Balaban J connectivity index is 1.74.